The van der Waals surface area contributed by atoms with E-state index >= 15 is 0 Å². The molecule has 1 aromatic rings. The molecule has 1 unspecified atom stereocenters. The van der Waals surface area contributed by atoms with Gasteiger partial charge in [-0.1, -0.05) is 18.6 Å². The summed E-state index contributed by atoms with van der Waals surface area (Å²) in [6.07, 6.45) is 2.22. The summed E-state index contributed by atoms with van der Waals surface area (Å²) >= 11 is 0. The van der Waals surface area contributed by atoms with Crippen LogP contribution in [0.15, 0.2) is 18.2 Å². The second-order valence-electron chi connectivity index (χ2n) is 6.10. The van der Waals surface area contributed by atoms with Crippen LogP contribution < -0.4 is 10.6 Å². The highest BCUT2D eigenvalue weighted by atomic mass is 16.1. The minimum absolute atomic E-state index is 0.0341. The summed E-state index contributed by atoms with van der Waals surface area (Å²) in [5.41, 5.74) is 2.81. The third kappa shape index (κ3) is 4.46. The van der Waals surface area contributed by atoms with Crippen molar-refractivity contribution in [1.29, 1.82) is 0 Å². The van der Waals surface area contributed by atoms with E-state index in [2.05, 4.69) is 29.5 Å². The number of rotatable bonds is 6. The van der Waals surface area contributed by atoms with Crippen LogP contribution in [-0.2, 0) is 0 Å². The van der Waals surface area contributed by atoms with Crippen molar-refractivity contribution >= 4 is 11.6 Å². The van der Waals surface area contributed by atoms with Gasteiger partial charge in [-0.05, 0) is 51.4 Å². The quantitative estimate of drug-likeness (QED) is 0.845. The van der Waals surface area contributed by atoms with Crippen molar-refractivity contribution in [2.75, 3.05) is 38.5 Å². The number of hydrogen-bond acceptors (Lipinski definition) is 3. The van der Waals surface area contributed by atoms with Crippen LogP contribution in [0.2, 0.25) is 0 Å². The second-order valence-corrected chi connectivity index (χ2v) is 6.10. The van der Waals surface area contributed by atoms with Gasteiger partial charge in [0.25, 0.3) is 5.91 Å². The Morgan fingerprint density at radius 2 is 2.24 bits per heavy atom. The number of carbonyl (C=O) groups is 1. The fourth-order valence-electron chi connectivity index (χ4n) is 2.78. The van der Waals surface area contributed by atoms with Crippen LogP contribution in [0.4, 0.5) is 5.69 Å². The molecule has 0 saturated carbocycles. The lowest BCUT2D eigenvalue weighted by atomic mass is 10.1. The fraction of sp³-hybridized carbons (Fsp3) is 0.588. The van der Waals surface area contributed by atoms with E-state index in [1.54, 1.807) is 0 Å². The molecule has 1 aromatic carbocycles. The molecule has 21 heavy (non-hydrogen) atoms. The second kappa shape index (κ2) is 7.46. The molecule has 1 aliphatic heterocycles. The Morgan fingerprint density at radius 1 is 1.43 bits per heavy atom. The smallest absolute Gasteiger partial charge is 0.253 e. The van der Waals surface area contributed by atoms with Gasteiger partial charge in [0.15, 0.2) is 0 Å². The van der Waals surface area contributed by atoms with Gasteiger partial charge < -0.3 is 15.5 Å². The predicted molar refractivity (Wildman–Crippen MR) is 87.9 cm³/mol. The first-order valence-electron chi connectivity index (χ1n) is 7.91. The number of anilines is 1. The van der Waals surface area contributed by atoms with E-state index in [-0.39, 0.29) is 5.91 Å². The van der Waals surface area contributed by atoms with Crippen molar-refractivity contribution in [3.05, 3.63) is 29.3 Å². The number of aryl methyl sites for hydroxylation is 1. The van der Waals surface area contributed by atoms with Gasteiger partial charge in [-0.25, -0.2) is 0 Å². The van der Waals surface area contributed by atoms with Crippen LogP contribution in [0.5, 0.6) is 0 Å². The number of likely N-dealkylation sites (tertiary alicyclic amines) is 1. The Balaban J connectivity index is 1.98. The van der Waals surface area contributed by atoms with Crippen molar-refractivity contribution < 1.29 is 4.79 Å². The van der Waals surface area contributed by atoms with Crippen LogP contribution in [0.25, 0.3) is 0 Å². The summed E-state index contributed by atoms with van der Waals surface area (Å²) < 4.78 is 0. The summed E-state index contributed by atoms with van der Waals surface area (Å²) in [5.74, 6) is 0.614. The average molecular weight is 289 g/mol. The Hall–Kier alpha value is -1.55. The van der Waals surface area contributed by atoms with Gasteiger partial charge in [0.2, 0.25) is 0 Å². The van der Waals surface area contributed by atoms with Crippen LogP contribution in [-0.4, -0.2) is 44.0 Å². The summed E-state index contributed by atoms with van der Waals surface area (Å²) in [5, 5.41) is 6.44. The van der Waals surface area contributed by atoms with E-state index in [1.807, 2.05) is 25.1 Å². The molecular formula is C17H27N3O. The molecule has 116 valence electrons. The van der Waals surface area contributed by atoms with Crippen LogP contribution in [0.1, 0.15) is 35.7 Å². The lowest BCUT2D eigenvalue weighted by molar-refractivity contribution is 0.0948. The van der Waals surface area contributed by atoms with Gasteiger partial charge in [-0.2, -0.15) is 0 Å². The van der Waals surface area contributed by atoms with E-state index in [0.717, 1.165) is 49.4 Å². The van der Waals surface area contributed by atoms with E-state index in [1.165, 1.54) is 6.42 Å². The number of amides is 1. The molecule has 1 atom stereocenters. The third-order valence-corrected chi connectivity index (χ3v) is 4.03. The number of nitrogens with one attached hydrogen (secondary N) is 2. The van der Waals surface area contributed by atoms with E-state index in [9.17, 15) is 4.79 Å². The molecular weight excluding hydrogens is 262 g/mol. The van der Waals surface area contributed by atoms with Crippen molar-refractivity contribution in [2.24, 2.45) is 5.92 Å². The molecule has 0 aliphatic carbocycles. The molecule has 1 aliphatic rings. The number of hydrogen-bond donors (Lipinski definition) is 2. The summed E-state index contributed by atoms with van der Waals surface area (Å²) in [7, 11) is 2.13. The molecule has 1 saturated heterocycles. The largest absolute Gasteiger partial charge is 0.384 e. The van der Waals surface area contributed by atoms with Crippen molar-refractivity contribution in [1.82, 2.24) is 10.2 Å². The monoisotopic (exact) mass is 289 g/mol. The highest BCUT2D eigenvalue weighted by Gasteiger charge is 2.20. The van der Waals surface area contributed by atoms with Gasteiger partial charge >= 0.3 is 0 Å². The number of carbonyl (C=O) groups excluding carboxylic acids is 1. The lowest BCUT2D eigenvalue weighted by Gasteiger charge is -2.15. The molecule has 1 heterocycles. The average Bonchev–Trinajstić information content (AvgIpc) is 2.89. The lowest BCUT2D eigenvalue weighted by Crippen LogP contribution is -2.31. The standard InChI is InChI=1S/C17H27N3O/c1-4-8-18-16-6-5-13(2)10-15(16)17(21)19-11-14-7-9-20(3)12-14/h5-6,10,14,18H,4,7-9,11-12H2,1-3H3,(H,19,21). The maximum Gasteiger partial charge on any atom is 0.253 e. The SMILES string of the molecule is CCCNc1ccc(C)cc1C(=O)NCC1CCN(C)C1. The number of benzene rings is 1. The maximum absolute atomic E-state index is 12.5. The highest BCUT2D eigenvalue weighted by molar-refractivity contribution is 5.99. The molecule has 1 amide bonds. The minimum Gasteiger partial charge on any atom is -0.384 e. The molecule has 2 N–H and O–H groups in total. The Morgan fingerprint density at radius 3 is 2.90 bits per heavy atom. The predicted octanol–water partition coefficient (Wildman–Crippen LogP) is 2.50. The zero-order valence-electron chi connectivity index (χ0n) is 13.4. The zero-order chi connectivity index (χ0) is 15.2. The first-order valence-corrected chi connectivity index (χ1v) is 7.91. The molecule has 4 nitrogen and oxygen atoms in total. The molecule has 0 bridgehead atoms. The zero-order valence-corrected chi connectivity index (χ0v) is 13.4. The molecule has 4 heteroatoms. The molecule has 2 rings (SSSR count). The van der Waals surface area contributed by atoms with Crippen molar-refractivity contribution in [2.45, 2.75) is 26.7 Å². The Bertz CT molecular complexity index is 487. The Labute approximate surface area is 127 Å². The molecule has 0 aromatic heterocycles. The van der Waals surface area contributed by atoms with E-state index in [4.69, 9.17) is 0 Å². The van der Waals surface area contributed by atoms with Gasteiger partial charge in [0, 0.05) is 25.3 Å². The Kier molecular flexibility index (Phi) is 5.62. The van der Waals surface area contributed by atoms with Gasteiger partial charge in [0.05, 0.1) is 5.56 Å². The normalized spacial score (nSPS) is 18.7. The first kappa shape index (κ1) is 15.8. The van der Waals surface area contributed by atoms with Crippen molar-refractivity contribution in [3.63, 3.8) is 0 Å². The van der Waals surface area contributed by atoms with Crippen molar-refractivity contribution in [3.8, 4) is 0 Å². The topological polar surface area (TPSA) is 44.4 Å². The minimum atomic E-state index is 0.0341. The first-order chi connectivity index (χ1) is 10.1. The number of nitrogens with zero attached hydrogens (tertiary/aromatic N) is 1. The fourth-order valence-corrected chi connectivity index (χ4v) is 2.78. The maximum atomic E-state index is 12.5. The van der Waals surface area contributed by atoms with Gasteiger partial charge in [-0.15, -0.1) is 0 Å². The van der Waals surface area contributed by atoms with Crippen LogP contribution >= 0.6 is 0 Å². The van der Waals surface area contributed by atoms with E-state index < -0.39 is 0 Å². The van der Waals surface area contributed by atoms with Gasteiger partial charge in [0.1, 0.15) is 0 Å². The summed E-state index contributed by atoms with van der Waals surface area (Å²) in [6, 6.07) is 6.01. The summed E-state index contributed by atoms with van der Waals surface area (Å²) in [6.45, 7) is 8.01. The van der Waals surface area contributed by atoms with E-state index in [0.29, 0.717) is 5.92 Å². The third-order valence-electron chi connectivity index (χ3n) is 4.03. The molecule has 1 fully saturated rings. The highest BCUT2D eigenvalue weighted by Crippen LogP contribution is 2.18. The summed E-state index contributed by atoms with van der Waals surface area (Å²) in [4.78, 5) is 14.8. The molecule has 0 radical (unpaired) electrons. The molecule has 0 spiro atoms. The van der Waals surface area contributed by atoms with Crippen LogP contribution in [0, 0.1) is 12.8 Å². The van der Waals surface area contributed by atoms with Crippen LogP contribution in [0.3, 0.4) is 0 Å². The van der Waals surface area contributed by atoms with Gasteiger partial charge in [-0.3, -0.25) is 4.79 Å².